The smallest absolute Gasteiger partial charge is 0.232 e. The maximum Gasteiger partial charge on any atom is 0.232 e. The molecule has 26 heavy (non-hydrogen) atoms. The number of nitrogens with one attached hydrogen (secondary N) is 3. The van der Waals surface area contributed by atoms with Crippen LogP contribution < -0.4 is 10.6 Å². The molecule has 3 N–H and O–H groups in total. The van der Waals surface area contributed by atoms with Crippen LogP contribution in [0.1, 0.15) is 32.7 Å². The third-order valence-electron chi connectivity index (χ3n) is 4.72. The summed E-state index contributed by atoms with van der Waals surface area (Å²) in [6, 6.07) is 2.49. The summed E-state index contributed by atoms with van der Waals surface area (Å²) in [6.45, 7) is 4.79. The predicted octanol–water partition coefficient (Wildman–Crippen LogP) is 2.71. The highest BCUT2D eigenvalue weighted by Gasteiger charge is 2.28. The van der Waals surface area contributed by atoms with Gasteiger partial charge >= 0.3 is 0 Å². The molecule has 0 spiro atoms. The van der Waals surface area contributed by atoms with Crippen molar-refractivity contribution in [3.05, 3.63) is 18.5 Å². The van der Waals surface area contributed by atoms with Crippen molar-refractivity contribution in [2.24, 2.45) is 5.92 Å². The average molecular weight is 356 g/mol. The molecule has 0 aliphatic heterocycles. The lowest BCUT2D eigenvalue weighted by molar-refractivity contribution is 0.156. The summed E-state index contributed by atoms with van der Waals surface area (Å²) in [5, 5.41) is 15.9. The zero-order valence-electron chi connectivity index (χ0n) is 15.2. The summed E-state index contributed by atoms with van der Waals surface area (Å²) in [6.07, 6.45) is 6.26. The summed E-state index contributed by atoms with van der Waals surface area (Å²) in [7, 11) is 1.67. The van der Waals surface area contributed by atoms with Crippen molar-refractivity contribution in [1.29, 1.82) is 0 Å². The highest BCUT2D eigenvalue weighted by atomic mass is 16.5. The monoisotopic (exact) mass is 356 g/mol. The lowest BCUT2D eigenvalue weighted by atomic mass is 10.2. The molecule has 1 saturated carbocycles. The minimum Gasteiger partial charge on any atom is -0.382 e. The van der Waals surface area contributed by atoms with E-state index in [9.17, 15) is 0 Å². The van der Waals surface area contributed by atoms with E-state index >= 15 is 0 Å². The summed E-state index contributed by atoms with van der Waals surface area (Å²) >= 11 is 0. The van der Waals surface area contributed by atoms with Gasteiger partial charge in [-0.05, 0) is 38.7 Å². The Hall–Kier alpha value is -2.68. The molecule has 1 aliphatic carbocycles. The first kappa shape index (κ1) is 16.8. The van der Waals surface area contributed by atoms with Gasteiger partial charge in [0.25, 0.3) is 0 Å². The maximum atomic E-state index is 5.16. The van der Waals surface area contributed by atoms with Gasteiger partial charge < -0.3 is 20.4 Å². The number of anilines is 3. The van der Waals surface area contributed by atoms with Crippen LogP contribution in [0.15, 0.2) is 18.5 Å². The largest absolute Gasteiger partial charge is 0.382 e. The number of aromatic amines is 1. The van der Waals surface area contributed by atoms with Crippen LogP contribution in [0.5, 0.6) is 0 Å². The van der Waals surface area contributed by atoms with E-state index in [2.05, 4.69) is 42.8 Å². The van der Waals surface area contributed by atoms with Crippen molar-refractivity contribution in [1.82, 2.24) is 29.9 Å². The Morgan fingerprint density at radius 2 is 2.19 bits per heavy atom. The lowest BCUT2D eigenvalue weighted by Gasteiger charge is -2.15. The van der Waals surface area contributed by atoms with Gasteiger partial charge in [0.2, 0.25) is 5.95 Å². The fourth-order valence-corrected chi connectivity index (χ4v) is 3.02. The zero-order valence-corrected chi connectivity index (χ0v) is 15.2. The first-order chi connectivity index (χ1) is 12.6. The second-order valence-corrected chi connectivity index (χ2v) is 6.92. The van der Waals surface area contributed by atoms with Crippen molar-refractivity contribution < 1.29 is 4.74 Å². The Balaban J connectivity index is 1.56. The molecule has 0 saturated heterocycles. The SMILES string of the molecule is COC[C@@H](C)n1cc(Nc2nc(N[C@@H](C)C3CC3)c3cc[nH]c3n2)nn1. The fourth-order valence-electron chi connectivity index (χ4n) is 3.02. The van der Waals surface area contributed by atoms with Gasteiger partial charge in [0.15, 0.2) is 5.82 Å². The van der Waals surface area contributed by atoms with E-state index in [-0.39, 0.29) is 6.04 Å². The van der Waals surface area contributed by atoms with Crippen LogP contribution in [0.3, 0.4) is 0 Å². The van der Waals surface area contributed by atoms with Crippen LogP contribution in [-0.4, -0.2) is 49.7 Å². The van der Waals surface area contributed by atoms with Gasteiger partial charge in [-0.15, -0.1) is 5.10 Å². The Morgan fingerprint density at radius 3 is 2.96 bits per heavy atom. The number of nitrogens with zero attached hydrogens (tertiary/aromatic N) is 5. The van der Waals surface area contributed by atoms with Gasteiger partial charge in [-0.3, -0.25) is 0 Å². The van der Waals surface area contributed by atoms with Crippen LogP contribution in [0.4, 0.5) is 17.6 Å². The second kappa shape index (κ2) is 6.91. The Kier molecular flexibility index (Phi) is 4.46. The van der Waals surface area contributed by atoms with E-state index in [1.165, 1.54) is 12.8 Å². The minimum atomic E-state index is 0.103. The number of hydrogen-bond acceptors (Lipinski definition) is 7. The van der Waals surface area contributed by atoms with Crippen LogP contribution in [-0.2, 0) is 4.74 Å². The molecule has 2 atom stereocenters. The molecular weight excluding hydrogens is 332 g/mol. The van der Waals surface area contributed by atoms with E-state index in [1.807, 2.05) is 25.4 Å². The Morgan fingerprint density at radius 1 is 1.35 bits per heavy atom. The molecule has 3 aromatic rings. The van der Waals surface area contributed by atoms with Crippen LogP contribution >= 0.6 is 0 Å². The van der Waals surface area contributed by atoms with E-state index in [0.717, 1.165) is 22.8 Å². The van der Waals surface area contributed by atoms with Crippen LogP contribution in [0, 0.1) is 5.92 Å². The molecule has 138 valence electrons. The molecule has 0 aromatic carbocycles. The Labute approximate surface area is 151 Å². The van der Waals surface area contributed by atoms with Crippen molar-refractivity contribution in [3.8, 4) is 0 Å². The van der Waals surface area contributed by atoms with E-state index in [4.69, 9.17) is 4.74 Å². The topological polar surface area (TPSA) is 106 Å². The molecule has 1 aliphatic rings. The summed E-state index contributed by atoms with van der Waals surface area (Å²) in [4.78, 5) is 12.3. The standard InChI is InChI=1S/C17H24N8O/c1-10(9-26-3)25-8-14(23-24-25)20-17-21-15-13(6-7-18-15)16(22-17)19-11(2)12-4-5-12/h6-8,10-12H,4-5,9H2,1-3H3,(H3,18,19,20,21,22)/t10-,11+/m1/s1. The molecule has 0 radical (unpaired) electrons. The van der Waals surface area contributed by atoms with Crippen LogP contribution in [0.25, 0.3) is 11.0 Å². The lowest BCUT2D eigenvalue weighted by Crippen LogP contribution is -2.18. The quantitative estimate of drug-likeness (QED) is 0.570. The van der Waals surface area contributed by atoms with Crippen molar-refractivity contribution >= 4 is 28.6 Å². The van der Waals surface area contributed by atoms with Gasteiger partial charge in [0.1, 0.15) is 11.5 Å². The van der Waals surface area contributed by atoms with Crippen molar-refractivity contribution in [3.63, 3.8) is 0 Å². The van der Waals surface area contributed by atoms with Gasteiger partial charge in [-0.1, -0.05) is 5.21 Å². The highest BCUT2D eigenvalue weighted by molar-refractivity contribution is 5.88. The molecule has 1 fully saturated rings. The molecule has 3 heterocycles. The fraction of sp³-hybridized carbons (Fsp3) is 0.529. The summed E-state index contributed by atoms with van der Waals surface area (Å²) in [5.41, 5.74) is 0.785. The third-order valence-corrected chi connectivity index (χ3v) is 4.72. The molecule has 0 unspecified atom stereocenters. The van der Waals surface area contributed by atoms with E-state index in [1.54, 1.807) is 11.8 Å². The van der Waals surface area contributed by atoms with Gasteiger partial charge in [-0.2, -0.15) is 9.97 Å². The molecule has 0 amide bonds. The van der Waals surface area contributed by atoms with E-state index in [0.29, 0.717) is 24.4 Å². The number of fused-ring (bicyclic) bond motifs is 1. The molecule has 9 nitrogen and oxygen atoms in total. The molecular formula is C17H24N8O. The van der Waals surface area contributed by atoms with Gasteiger partial charge in [0.05, 0.1) is 24.2 Å². The number of H-pyrrole nitrogens is 1. The molecule has 0 bridgehead atoms. The van der Waals surface area contributed by atoms with Crippen molar-refractivity contribution in [2.45, 2.75) is 38.8 Å². The first-order valence-corrected chi connectivity index (χ1v) is 8.93. The third kappa shape index (κ3) is 3.48. The minimum absolute atomic E-state index is 0.103. The number of rotatable bonds is 8. The van der Waals surface area contributed by atoms with Crippen molar-refractivity contribution in [2.75, 3.05) is 24.4 Å². The maximum absolute atomic E-state index is 5.16. The second-order valence-electron chi connectivity index (χ2n) is 6.92. The number of aromatic nitrogens is 6. The Bertz CT molecular complexity index is 884. The zero-order chi connectivity index (χ0) is 18.1. The molecule has 9 heteroatoms. The van der Waals surface area contributed by atoms with Gasteiger partial charge in [0, 0.05) is 19.3 Å². The summed E-state index contributed by atoms with van der Waals surface area (Å²) < 4.78 is 6.91. The number of hydrogen-bond donors (Lipinski definition) is 3. The first-order valence-electron chi connectivity index (χ1n) is 8.93. The number of ether oxygens (including phenoxy) is 1. The summed E-state index contributed by atoms with van der Waals surface area (Å²) in [5.74, 6) is 2.65. The molecule has 4 rings (SSSR count). The number of methoxy groups -OCH3 is 1. The van der Waals surface area contributed by atoms with Crippen LogP contribution in [0.2, 0.25) is 0 Å². The average Bonchev–Trinajstić information content (AvgIpc) is 3.18. The predicted molar refractivity (Wildman–Crippen MR) is 99.6 cm³/mol. The highest BCUT2D eigenvalue weighted by Crippen LogP contribution is 2.34. The normalized spacial score (nSPS) is 16.6. The van der Waals surface area contributed by atoms with Gasteiger partial charge in [-0.25, -0.2) is 4.68 Å². The van der Waals surface area contributed by atoms with E-state index < -0.39 is 0 Å². The molecule has 3 aromatic heterocycles.